The minimum Gasteiger partial charge on any atom is -0.454 e. The van der Waals surface area contributed by atoms with E-state index in [2.05, 4.69) is 6.07 Å². The van der Waals surface area contributed by atoms with Gasteiger partial charge in [-0.2, -0.15) is 5.26 Å². The van der Waals surface area contributed by atoms with E-state index in [0.29, 0.717) is 16.5 Å². The van der Waals surface area contributed by atoms with Crippen molar-refractivity contribution < 1.29 is 9.47 Å². The van der Waals surface area contributed by atoms with Crippen LogP contribution in [0.5, 0.6) is 11.5 Å². The molecule has 0 atom stereocenters. The Hall–Kier alpha value is -1.40. The number of ether oxygens (including phenoxy) is 2. The summed E-state index contributed by atoms with van der Waals surface area (Å²) >= 11 is 6.10. The first-order chi connectivity index (χ1) is 7.75. The average Bonchev–Trinajstić information content (AvgIpc) is 2.65. The lowest BCUT2D eigenvalue weighted by atomic mass is 9.65. The van der Waals surface area contributed by atoms with Crippen molar-refractivity contribution in [2.45, 2.75) is 24.7 Å². The molecule has 0 unspecified atom stereocenters. The predicted molar refractivity (Wildman–Crippen MR) is 58.7 cm³/mol. The Morgan fingerprint density at radius 2 is 2.12 bits per heavy atom. The van der Waals surface area contributed by atoms with Crippen molar-refractivity contribution in [2.75, 3.05) is 6.79 Å². The Labute approximate surface area is 98.5 Å². The molecule has 0 aromatic heterocycles. The van der Waals surface area contributed by atoms with Crippen LogP contribution in [-0.4, -0.2) is 6.79 Å². The fourth-order valence-electron chi connectivity index (χ4n) is 2.24. The number of halogens is 1. The van der Waals surface area contributed by atoms with Crippen LogP contribution in [0, 0.1) is 11.3 Å². The van der Waals surface area contributed by atoms with Gasteiger partial charge < -0.3 is 9.47 Å². The third-order valence-corrected chi connectivity index (χ3v) is 3.68. The maximum atomic E-state index is 9.26. The zero-order valence-corrected chi connectivity index (χ0v) is 9.38. The molecule has 1 aromatic carbocycles. The molecular weight excluding hydrogens is 226 g/mol. The van der Waals surface area contributed by atoms with Gasteiger partial charge in [-0.25, -0.2) is 0 Å². The van der Waals surface area contributed by atoms with Gasteiger partial charge in [0.2, 0.25) is 6.79 Å². The molecule has 1 aliphatic carbocycles. The summed E-state index contributed by atoms with van der Waals surface area (Å²) in [5, 5.41) is 9.80. The van der Waals surface area contributed by atoms with Crippen molar-refractivity contribution in [2.24, 2.45) is 0 Å². The van der Waals surface area contributed by atoms with Crippen LogP contribution in [-0.2, 0) is 5.41 Å². The van der Waals surface area contributed by atoms with E-state index in [1.54, 1.807) is 0 Å². The Kier molecular flexibility index (Phi) is 2.02. The highest BCUT2D eigenvalue weighted by Crippen LogP contribution is 2.48. The highest BCUT2D eigenvalue weighted by atomic mass is 35.5. The number of benzene rings is 1. The van der Waals surface area contributed by atoms with E-state index in [-0.39, 0.29) is 12.2 Å². The summed E-state index contributed by atoms with van der Waals surface area (Å²) in [7, 11) is 0. The molecule has 1 fully saturated rings. The van der Waals surface area contributed by atoms with Gasteiger partial charge in [0.1, 0.15) is 0 Å². The van der Waals surface area contributed by atoms with Crippen LogP contribution in [0.15, 0.2) is 12.1 Å². The summed E-state index contributed by atoms with van der Waals surface area (Å²) in [6.45, 7) is 0.206. The van der Waals surface area contributed by atoms with Gasteiger partial charge in [-0.05, 0) is 37.0 Å². The fraction of sp³-hybridized carbons (Fsp3) is 0.417. The first kappa shape index (κ1) is 9.80. The Morgan fingerprint density at radius 3 is 2.75 bits per heavy atom. The number of hydrogen-bond donors (Lipinski definition) is 0. The van der Waals surface area contributed by atoms with E-state index in [4.69, 9.17) is 21.1 Å². The molecule has 0 radical (unpaired) electrons. The molecule has 4 heteroatoms. The second-order valence-electron chi connectivity index (χ2n) is 4.24. The van der Waals surface area contributed by atoms with Crippen LogP contribution in [0.25, 0.3) is 0 Å². The Morgan fingerprint density at radius 1 is 1.31 bits per heavy atom. The van der Waals surface area contributed by atoms with E-state index < -0.39 is 0 Å². The summed E-state index contributed by atoms with van der Waals surface area (Å²) < 4.78 is 10.6. The molecule has 0 bridgehead atoms. The predicted octanol–water partition coefficient (Wildman–Crippen LogP) is 3.01. The normalized spacial score (nSPS) is 20.0. The first-order valence-electron chi connectivity index (χ1n) is 5.26. The third-order valence-electron chi connectivity index (χ3n) is 3.40. The molecule has 3 rings (SSSR count). The fourth-order valence-corrected chi connectivity index (χ4v) is 2.50. The molecule has 2 aliphatic rings. The zero-order chi connectivity index (χ0) is 11.2. The van der Waals surface area contributed by atoms with E-state index in [1.807, 2.05) is 12.1 Å². The van der Waals surface area contributed by atoms with E-state index >= 15 is 0 Å². The van der Waals surface area contributed by atoms with Gasteiger partial charge in [-0.1, -0.05) is 11.6 Å². The molecule has 0 N–H and O–H groups in total. The second-order valence-corrected chi connectivity index (χ2v) is 4.65. The van der Waals surface area contributed by atoms with Gasteiger partial charge in [0.25, 0.3) is 0 Å². The van der Waals surface area contributed by atoms with Crippen LogP contribution >= 0.6 is 11.6 Å². The number of nitrogens with zero attached hydrogens (tertiary/aromatic N) is 1. The van der Waals surface area contributed by atoms with Crippen molar-refractivity contribution in [3.8, 4) is 17.6 Å². The van der Waals surface area contributed by atoms with Crippen molar-refractivity contribution in [3.05, 3.63) is 22.7 Å². The summed E-state index contributed by atoms with van der Waals surface area (Å²) in [5.41, 5.74) is 0.598. The van der Waals surface area contributed by atoms with Gasteiger partial charge in [0.15, 0.2) is 11.5 Å². The molecule has 1 saturated carbocycles. The van der Waals surface area contributed by atoms with Crippen molar-refractivity contribution in [1.29, 1.82) is 5.26 Å². The monoisotopic (exact) mass is 235 g/mol. The lowest BCUT2D eigenvalue weighted by Gasteiger charge is -2.35. The average molecular weight is 236 g/mol. The maximum absolute atomic E-state index is 9.26. The summed E-state index contributed by atoms with van der Waals surface area (Å²) in [6.07, 6.45) is 2.90. The maximum Gasteiger partial charge on any atom is 0.231 e. The molecule has 0 spiro atoms. The van der Waals surface area contributed by atoms with Crippen molar-refractivity contribution >= 4 is 11.6 Å². The third kappa shape index (κ3) is 1.20. The minimum atomic E-state index is -0.357. The molecule has 1 heterocycles. The molecule has 0 saturated heterocycles. The molecule has 16 heavy (non-hydrogen) atoms. The first-order valence-corrected chi connectivity index (χ1v) is 5.64. The molecule has 82 valence electrons. The van der Waals surface area contributed by atoms with Crippen LogP contribution in [0.1, 0.15) is 24.8 Å². The zero-order valence-electron chi connectivity index (χ0n) is 8.62. The number of fused-ring (bicyclic) bond motifs is 1. The largest absolute Gasteiger partial charge is 0.454 e. The minimum absolute atomic E-state index is 0.206. The Bertz CT molecular complexity index is 489. The molecule has 1 aliphatic heterocycles. The van der Waals surface area contributed by atoms with E-state index in [9.17, 15) is 5.26 Å². The summed E-state index contributed by atoms with van der Waals surface area (Å²) in [4.78, 5) is 0. The molecule has 3 nitrogen and oxygen atoms in total. The van der Waals surface area contributed by atoms with Gasteiger partial charge in [-0.15, -0.1) is 0 Å². The van der Waals surface area contributed by atoms with Crippen molar-refractivity contribution in [3.63, 3.8) is 0 Å². The Balaban J connectivity index is 2.10. The quantitative estimate of drug-likeness (QED) is 0.752. The number of nitriles is 1. The van der Waals surface area contributed by atoms with Crippen molar-refractivity contribution in [1.82, 2.24) is 0 Å². The summed E-state index contributed by atoms with van der Waals surface area (Å²) in [5.74, 6) is 1.25. The molecular formula is C12H10ClNO2. The molecule has 1 aromatic rings. The second kappa shape index (κ2) is 3.29. The highest BCUT2D eigenvalue weighted by molar-refractivity contribution is 6.32. The van der Waals surface area contributed by atoms with Gasteiger partial charge in [0, 0.05) is 0 Å². The van der Waals surface area contributed by atoms with Crippen LogP contribution in [0.3, 0.4) is 0 Å². The van der Waals surface area contributed by atoms with Crippen LogP contribution in [0.2, 0.25) is 5.02 Å². The number of hydrogen-bond acceptors (Lipinski definition) is 3. The van der Waals surface area contributed by atoms with Crippen LogP contribution in [0.4, 0.5) is 0 Å². The van der Waals surface area contributed by atoms with E-state index in [0.717, 1.165) is 24.8 Å². The standard InChI is InChI=1S/C12H10ClNO2/c13-9-4-8(12(6-14)2-1-3-12)5-10-11(9)16-7-15-10/h4-5H,1-3,7H2. The molecule has 0 amide bonds. The highest BCUT2D eigenvalue weighted by Gasteiger charge is 2.40. The van der Waals surface area contributed by atoms with Gasteiger partial charge in [-0.3, -0.25) is 0 Å². The van der Waals surface area contributed by atoms with Gasteiger partial charge in [0.05, 0.1) is 16.5 Å². The topological polar surface area (TPSA) is 42.2 Å². The van der Waals surface area contributed by atoms with E-state index in [1.165, 1.54) is 0 Å². The SMILES string of the molecule is N#CC1(c2cc(Cl)c3c(c2)OCO3)CCC1. The van der Waals surface area contributed by atoms with Crippen LogP contribution < -0.4 is 9.47 Å². The summed E-state index contributed by atoms with van der Waals surface area (Å²) in [6, 6.07) is 6.11. The lowest BCUT2D eigenvalue weighted by Crippen LogP contribution is -2.32. The number of rotatable bonds is 1. The lowest BCUT2D eigenvalue weighted by molar-refractivity contribution is 0.174. The van der Waals surface area contributed by atoms with Gasteiger partial charge >= 0.3 is 0 Å². The smallest absolute Gasteiger partial charge is 0.231 e.